The highest BCUT2D eigenvalue weighted by molar-refractivity contribution is 5.93. The van der Waals surface area contributed by atoms with E-state index < -0.39 is 0 Å². The fraction of sp³-hybridized carbons (Fsp3) is 0.294. The SMILES string of the molecule is Cc1cc(=O)c(C(=O)N(C)CCCNc2ccccc2)c[nH]1. The van der Waals surface area contributed by atoms with Crippen LogP contribution in [-0.2, 0) is 0 Å². The lowest BCUT2D eigenvalue weighted by atomic mass is 10.2. The second kappa shape index (κ2) is 7.45. The van der Waals surface area contributed by atoms with E-state index in [9.17, 15) is 9.59 Å². The second-order valence-electron chi connectivity index (χ2n) is 5.27. The number of pyridine rings is 1. The molecule has 5 nitrogen and oxygen atoms in total. The maximum atomic E-state index is 12.2. The molecule has 0 saturated carbocycles. The van der Waals surface area contributed by atoms with Gasteiger partial charge in [0, 0.05) is 43.8 Å². The number of rotatable bonds is 6. The van der Waals surface area contributed by atoms with Crippen LogP contribution in [0.3, 0.4) is 0 Å². The Morgan fingerprint density at radius 2 is 2.00 bits per heavy atom. The van der Waals surface area contributed by atoms with Crippen molar-refractivity contribution in [1.29, 1.82) is 0 Å². The first kappa shape index (κ1) is 15.8. The van der Waals surface area contributed by atoms with E-state index >= 15 is 0 Å². The number of aryl methyl sites for hydroxylation is 1. The zero-order valence-electron chi connectivity index (χ0n) is 12.9. The summed E-state index contributed by atoms with van der Waals surface area (Å²) < 4.78 is 0. The molecule has 0 aliphatic carbocycles. The van der Waals surface area contributed by atoms with Crippen molar-refractivity contribution in [2.24, 2.45) is 0 Å². The number of hydrogen-bond acceptors (Lipinski definition) is 3. The molecule has 0 unspecified atom stereocenters. The number of para-hydroxylation sites is 1. The first-order valence-corrected chi connectivity index (χ1v) is 7.31. The Kier molecular flexibility index (Phi) is 5.36. The van der Waals surface area contributed by atoms with E-state index in [1.165, 1.54) is 12.3 Å². The summed E-state index contributed by atoms with van der Waals surface area (Å²) in [5.74, 6) is -0.249. The van der Waals surface area contributed by atoms with E-state index in [1.807, 2.05) is 30.3 Å². The molecule has 1 aromatic carbocycles. The number of carbonyl (C=O) groups excluding carboxylic acids is 1. The van der Waals surface area contributed by atoms with Crippen LogP contribution >= 0.6 is 0 Å². The molecule has 0 bridgehead atoms. The Morgan fingerprint density at radius 1 is 1.27 bits per heavy atom. The van der Waals surface area contributed by atoms with Gasteiger partial charge in [0.15, 0.2) is 5.43 Å². The lowest BCUT2D eigenvalue weighted by molar-refractivity contribution is 0.0793. The molecule has 5 heteroatoms. The van der Waals surface area contributed by atoms with Gasteiger partial charge in [-0.05, 0) is 25.5 Å². The molecule has 1 aromatic heterocycles. The van der Waals surface area contributed by atoms with Crippen molar-refractivity contribution in [2.45, 2.75) is 13.3 Å². The van der Waals surface area contributed by atoms with Crippen molar-refractivity contribution in [2.75, 3.05) is 25.5 Å². The standard InChI is InChI=1S/C17H21N3O2/c1-13-11-16(21)15(12-19-13)17(22)20(2)10-6-9-18-14-7-4-3-5-8-14/h3-5,7-8,11-12,18H,6,9-10H2,1-2H3,(H,19,21). The number of anilines is 1. The van der Waals surface area contributed by atoms with Crippen molar-refractivity contribution >= 4 is 11.6 Å². The van der Waals surface area contributed by atoms with Gasteiger partial charge in [0.2, 0.25) is 0 Å². The van der Waals surface area contributed by atoms with Crippen molar-refractivity contribution in [3.8, 4) is 0 Å². The number of nitrogens with one attached hydrogen (secondary N) is 2. The van der Waals surface area contributed by atoms with Gasteiger partial charge in [-0.2, -0.15) is 0 Å². The van der Waals surface area contributed by atoms with Crippen LogP contribution in [-0.4, -0.2) is 35.9 Å². The molecule has 1 amide bonds. The number of hydrogen-bond donors (Lipinski definition) is 2. The molecule has 2 rings (SSSR count). The average Bonchev–Trinajstić information content (AvgIpc) is 2.52. The Balaban J connectivity index is 1.83. The Bertz CT molecular complexity index is 680. The van der Waals surface area contributed by atoms with Crippen molar-refractivity contribution in [3.05, 3.63) is 64.1 Å². The smallest absolute Gasteiger partial charge is 0.259 e. The normalized spacial score (nSPS) is 10.3. The Labute approximate surface area is 130 Å². The van der Waals surface area contributed by atoms with Crippen LogP contribution in [0.2, 0.25) is 0 Å². The molecule has 0 atom stereocenters. The van der Waals surface area contributed by atoms with E-state index in [1.54, 1.807) is 18.9 Å². The van der Waals surface area contributed by atoms with Crippen LogP contribution in [0, 0.1) is 6.92 Å². The third-order valence-corrected chi connectivity index (χ3v) is 3.41. The van der Waals surface area contributed by atoms with Crippen LogP contribution in [0.15, 0.2) is 47.4 Å². The fourth-order valence-corrected chi connectivity index (χ4v) is 2.15. The number of H-pyrrole nitrogens is 1. The summed E-state index contributed by atoms with van der Waals surface area (Å²) >= 11 is 0. The minimum Gasteiger partial charge on any atom is -0.385 e. The van der Waals surface area contributed by atoms with Gasteiger partial charge in [-0.1, -0.05) is 18.2 Å². The molecule has 22 heavy (non-hydrogen) atoms. The number of benzene rings is 1. The topological polar surface area (TPSA) is 65.2 Å². The summed E-state index contributed by atoms with van der Waals surface area (Å²) in [7, 11) is 1.71. The molecule has 0 spiro atoms. The Hall–Kier alpha value is -2.56. The molecule has 0 aliphatic heterocycles. The largest absolute Gasteiger partial charge is 0.385 e. The number of nitrogens with zero attached hydrogens (tertiary/aromatic N) is 1. The zero-order valence-corrected chi connectivity index (χ0v) is 12.9. The predicted octanol–water partition coefficient (Wildman–Crippen LogP) is 2.26. The minimum absolute atomic E-state index is 0.184. The van der Waals surface area contributed by atoms with Gasteiger partial charge in [-0.15, -0.1) is 0 Å². The molecular weight excluding hydrogens is 278 g/mol. The van der Waals surface area contributed by atoms with Crippen LogP contribution < -0.4 is 10.7 Å². The molecule has 116 valence electrons. The van der Waals surface area contributed by atoms with Gasteiger partial charge in [-0.3, -0.25) is 9.59 Å². The highest BCUT2D eigenvalue weighted by Crippen LogP contribution is 2.05. The fourth-order valence-electron chi connectivity index (χ4n) is 2.15. The van der Waals surface area contributed by atoms with E-state index in [2.05, 4.69) is 10.3 Å². The van der Waals surface area contributed by atoms with E-state index in [0.29, 0.717) is 6.54 Å². The van der Waals surface area contributed by atoms with Gasteiger partial charge >= 0.3 is 0 Å². The summed E-state index contributed by atoms with van der Waals surface area (Å²) in [6.45, 7) is 3.15. The molecule has 2 N–H and O–H groups in total. The lowest BCUT2D eigenvalue weighted by Gasteiger charge is -2.17. The number of amides is 1. The van der Waals surface area contributed by atoms with Gasteiger partial charge < -0.3 is 15.2 Å². The number of aromatic amines is 1. The molecule has 2 aromatic rings. The Morgan fingerprint density at radius 3 is 2.68 bits per heavy atom. The van der Waals surface area contributed by atoms with Crippen LogP contribution in [0.1, 0.15) is 22.5 Å². The van der Waals surface area contributed by atoms with Gasteiger partial charge in [0.25, 0.3) is 5.91 Å². The number of aromatic nitrogens is 1. The summed E-state index contributed by atoms with van der Waals surface area (Å²) in [6, 6.07) is 11.4. The average molecular weight is 299 g/mol. The van der Waals surface area contributed by atoms with Gasteiger partial charge in [-0.25, -0.2) is 0 Å². The van der Waals surface area contributed by atoms with E-state index in [-0.39, 0.29) is 16.9 Å². The maximum Gasteiger partial charge on any atom is 0.259 e. The van der Waals surface area contributed by atoms with Crippen LogP contribution in [0.25, 0.3) is 0 Å². The van der Waals surface area contributed by atoms with Crippen molar-refractivity contribution in [3.63, 3.8) is 0 Å². The molecular formula is C17H21N3O2. The van der Waals surface area contributed by atoms with Crippen molar-refractivity contribution in [1.82, 2.24) is 9.88 Å². The maximum absolute atomic E-state index is 12.2. The van der Waals surface area contributed by atoms with Gasteiger partial charge in [0.05, 0.1) is 0 Å². The molecule has 1 heterocycles. The molecule has 0 fully saturated rings. The highest BCUT2D eigenvalue weighted by Gasteiger charge is 2.14. The van der Waals surface area contributed by atoms with E-state index in [0.717, 1.165) is 24.3 Å². The zero-order chi connectivity index (χ0) is 15.9. The number of carbonyl (C=O) groups is 1. The lowest BCUT2D eigenvalue weighted by Crippen LogP contribution is -2.32. The summed E-state index contributed by atoms with van der Waals surface area (Å²) in [4.78, 5) is 28.5. The van der Waals surface area contributed by atoms with Crippen molar-refractivity contribution < 1.29 is 4.79 Å². The van der Waals surface area contributed by atoms with E-state index in [4.69, 9.17) is 0 Å². The van der Waals surface area contributed by atoms with Crippen LogP contribution in [0.4, 0.5) is 5.69 Å². The second-order valence-corrected chi connectivity index (χ2v) is 5.27. The summed E-state index contributed by atoms with van der Waals surface area (Å²) in [5.41, 5.74) is 1.75. The van der Waals surface area contributed by atoms with Crippen LogP contribution in [0.5, 0.6) is 0 Å². The quantitative estimate of drug-likeness (QED) is 0.804. The molecule has 0 aliphatic rings. The summed E-state index contributed by atoms with van der Waals surface area (Å²) in [6.07, 6.45) is 2.29. The molecule has 0 saturated heterocycles. The molecule has 0 radical (unpaired) electrons. The minimum atomic E-state index is -0.249. The van der Waals surface area contributed by atoms with Gasteiger partial charge in [0.1, 0.15) is 5.56 Å². The predicted molar refractivity (Wildman–Crippen MR) is 88.3 cm³/mol. The third-order valence-electron chi connectivity index (χ3n) is 3.41. The summed E-state index contributed by atoms with van der Waals surface area (Å²) in [5, 5.41) is 3.29. The highest BCUT2D eigenvalue weighted by atomic mass is 16.2. The monoisotopic (exact) mass is 299 g/mol. The first-order chi connectivity index (χ1) is 10.6. The first-order valence-electron chi connectivity index (χ1n) is 7.31. The third kappa shape index (κ3) is 4.22.